The monoisotopic (exact) mass is 245 g/mol. The van der Waals surface area contributed by atoms with Gasteiger partial charge in [-0.05, 0) is 6.07 Å². The molecule has 0 atom stereocenters. The molecule has 0 aliphatic rings. The standard InChI is InChI=1S/C10H6F3NO3/c11-10(12,13)5-2-9(17)14-6-3-8(16)7(15)1-4(5)6/h1-3,15-16H,(H,14,17). The van der Waals surface area contributed by atoms with Crippen LogP contribution in [0.4, 0.5) is 13.2 Å². The zero-order valence-electron chi connectivity index (χ0n) is 8.17. The van der Waals surface area contributed by atoms with Gasteiger partial charge in [0.1, 0.15) is 0 Å². The third kappa shape index (κ3) is 1.91. The fraction of sp³-hybridized carbons (Fsp3) is 0.100. The molecule has 0 fully saturated rings. The summed E-state index contributed by atoms with van der Waals surface area (Å²) in [7, 11) is 0. The summed E-state index contributed by atoms with van der Waals surface area (Å²) in [4.78, 5) is 13.2. The first-order chi connectivity index (χ1) is 7.79. The Balaban J connectivity index is 2.93. The molecule has 7 heteroatoms. The molecule has 1 aromatic heterocycles. The number of nitrogens with one attached hydrogen (secondary N) is 1. The average Bonchev–Trinajstić information content (AvgIpc) is 2.18. The van der Waals surface area contributed by atoms with Crippen LogP contribution in [-0.4, -0.2) is 15.2 Å². The van der Waals surface area contributed by atoms with E-state index in [0.29, 0.717) is 6.07 Å². The minimum atomic E-state index is -4.71. The van der Waals surface area contributed by atoms with Crippen LogP contribution in [0, 0.1) is 0 Å². The quantitative estimate of drug-likeness (QED) is 0.621. The Bertz CT molecular complexity index is 646. The fourth-order valence-corrected chi connectivity index (χ4v) is 1.52. The van der Waals surface area contributed by atoms with Crippen molar-refractivity contribution >= 4 is 10.9 Å². The van der Waals surface area contributed by atoms with Crippen molar-refractivity contribution in [1.29, 1.82) is 0 Å². The second-order valence-corrected chi connectivity index (χ2v) is 3.43. The van der Waals surface area contributed by atoms with E-state index in [4.69, 9.17) is 10.2 Å². The van der Waals surface area contributed by atoms with Crippen LogP contribution in [0.1, 0.15) is 5.56 Å². The van der Waals surface area contributed by atoms with Gasteiger partial charge in [-0.15, -0.1) is 0 Å². The second-order valence-electron chi connectivity index (χ2n) is 3.43. The highest BCUT2D eigenvalue weighted by atomic mass is 19.4. The van der Waals surface area contributed by atoms with Crippen LogP contribution in [-0.2, 0) is 6.18 Å². The SMILES string of the molecule is O=c1cc(C(F)(F)F)c2cc(O)c(O)cc2[nH]1. The molecule has 2 aromatic rings. The van der Waals surface area contributed by atoms with Gasteiger partial charge in [-0.25, -0.2) is 0 Å². The lowest BCUT2D eigenvalue weighted by molar-refractivity contribution is -0.136. The Morgan fingerprint density at radius 3 is 2.24 bits per heavy atom. The maximum atomic E-state index is 12.6. The van der Waals surface area contributed by atoms with Crippen LogP contribution in [0.5, 0.6) is 11.5 Å². The van der Waals surface area contributed by atoms with E-state index in [-0.39, 0.29) is 10.9 Å². The van der Waals surface area contributed by atoms with Gasteiger partial charge in [0.2, 0.25) is 5.56 Å². The van der Waals surface area contributed by atoms with Crippen LogP contribution in [0.3, 0.4) is 0 Å². The lowest BCUT2D eigenvalue weighted by Gasteiger charge is -2.10. The van der Waals surface area contributed by atoms with Crippen molar-refractivity contribution < 1.29 is 23.4 Å². The van der Waals surface area contributed by atoms with Crippen LogP contribution in [0.25, 0.3) is 10.9 Å². The number of H-pyrrole nitrogens is 1. The molecule has 0 saturated heterocycles. The van der Waals surface area contributed by atoms with Gasteiger partial charge in [0.15, 0.2) is 11.5 Å². The van der Waals surface area contributed by atoms with Gasteiger partial charge in [0.25, 0.3) is 0 Å². The average molecular weight is 245 g/mol. The molecule has 0 saturated carbocycles. The molecule has 0 bridgehead atoms. The van der Waals surface area contributed by atoms with Gasteiger partial charge >= 0.3 is 6.18 Å². The van der Waals surface area contributed by atoms with Gasteiger partial charge in [-0.3, -0.25) is 4.79 Å². The molecule has 0 amide bonds. The highest BCUT2D eigenvalue weighted by Crippen LogP contribution is 2.37. The van der Waals surface area contributed by atoms with Gasteiger partial charge in [0, 0.05) is 17.5 Å². The van der Waals surface area contributed by atoms with E-state index in [1.807, 2.05) is 0 Å². The van der Waals surface area contributed by atoms with Gasteiger partial charge in [-0.1, -0.05) is 0 Å². The minimum absolute atomic E-state index is 0.194. The molecule has 0 radical (unpaired) electrons. The Morgan fingerprint density at radius 1 is 1.06 bits per heavy atom. The number of aromatic nitrogens is 1. The van der Waals surface area contributed by atoms with Crippen molar-refractivity contribution in [2.75, 3.05) is 0 Å². The number of aromatic hydroxyl groups is 2. The van der Waals surface area contributed by atoms with Crippen LogP contribution >= 0.6 is 0 Å². The number of fused-ring (bicyclic) bond motifs is 1. The molecule has 0 aliphatic carbocycles. The molecule has 3 N–H and O–H groups in total. The number of alkyl halides is 3. The molecule has 1 heterocycles. The molecule has 4 nitrogen and oxygen atoms in total. The summed E-state index contributed by atoms with van der Waals surface area (Å²) in [6, 6.07) is 2.02. The van der Waals surface area contributed by atoms with Crippen LogP contribution in [0.2, 0.25) is 0 Å². The second kappa shape index (κ2) is 3.41. The number of aromatic amines is 1. The number of rotatable bonds is 0. The summed E-state index contributed by atoms with van der Waals surface area (Å²) < 4.78 is 37.9. The minimum Gasteiger partial charge on any atom is -0.504 e. The third-order valence-electron chi connectivity index (χ3n) is 2.24. The van der Waals surface area contributed by atoms with Crippen LogP contribution in [0.15, 0.2) is 23.0 Å². The summed E-state index contributed by atoms with van der Waals surface area (Å²) in [6.45, 7) is 0. The summed E-state index contributed by atoms with van der Waals surface area (Å²) in [5, 5.41) is 17.9. The molecular formula is C10H6F3NO3. The number of pyridine rings is 1. The normalized spacial score (nSPS) is 11.9. The Labute approximate surface area is 91.9 Å². The van der Waals surface area contributed by atoms with Gasteiger partial charge < -0.3 is 15.2 Å². The highest BCUT2D eigenvalue weighted by molar-refractivity contribution is 5.85. The largest absolute Gasteiger partial charge is 0.504 e. The van der Waals surface area contributed by atoms with Crippen molar-refractivity contribution in [2.24, 2.45) is 0 Å². The Morgan fingerprint density at radius 2 is 1.65 bits per heavy atom. The maximum absolute atomic E-state index is 12.6. The molecule has 17 heavy (non-hydrogen) atoms. The first-order valence-corrected chi connectivity index (χ1v) is 4.45. The molecule has 0 aliphatic heterocycles. The third-order valence-corrected chi connectivity index (χ3v) is 2.24. The lowest BCUT2D eigenvalue weighted by atomic mass is 10.1. The smallest absolute Gasteiger partial charge is 0.417 e. The predicted octanol–water partition coefficient (Wildman–Crippen LogP) is 1.96. The number of benzene rings is 1. The van der Waals surface area contributed by atoms with Gasteiger partial charge in [-0.2, -0.15) is 13.2 Å². The van der Waals surface area contributed by atoms with E-state index in [1.165, 1.54) is 0 Å². The molecule has 0 unspecified atom stereocenters. The molecule has 1 aromatic carbocycles. The number of halogens is 3. The van der Waals surface area contributed by atoms with E-state index in [1.54, 1.807) is 0 Å². The summed E-state index contributed by atoms with van der Waals surface area (Å²) in [5.41, 5.74) is -2.29. The predicted molar refractivity (Wildman–Crippen MR) is 52.9 cm³/mol. The van der Waals surface area contributed by atoms with Crippen molar-refractivity contribution in [2.45, 2.75) is 6.18 Å². The molecule has 90 valence electrons. The number of phenolic OH excluding ortho intramolecular Hbond substituents is 2. The Kier molecular flexibility index (Phi) is 2.27. The van der Waals surface area contributed by atoms with E-state index < -0.39 is 28.8 Å². The molecule has 0 spiro atoms. The van der Waals surface area contributed by atoms with Crippen molar-refractivity contribution in [1.82, 2.24) is 4.98 Å². The van der Waals surface area contributed by atoms with Crippen molar-refractivity contribution in [3.63, 3.8) is 0 Å². The van der Waals surface area contributed by atoms with E-state index in [9.17, 15) is 18.0 Å². The van der Waals surface area contributed by atoms with E-state index in [2.05, 4.69) is 4.98 Å². The number of hydrogen-bond donors (Lipinski definition) is 3. The van der Waals surface area contributed by atoms with Crippen LogP contribution < -0.4 is 5.56 Å². The molecule has 2 rings (SSSR count). The maximum Gasteiger partial charge on any atom is 0.417 e. The topological polar surface area (TPSA) is 73.3 Å². The van der Waals surface area contributed by atoms with E-state index in [0.717, 1.165) is 12.1 Å². The number of phenols is 2. The fourth-order valence-electron chi connectivity index (χ4n) is 1.52. The van der Waals surface area contributed by atoms with Crippen molar-refractivity contribution in [3.05, 3.63) is 34.1 Å². The molecular weight excluding hydrogens is 239 g/mol. The number of hydrogen-bond acceptors (Lipinski definition) is 3. The van der Waals surface area contributed by atoms with Crippen molar-refractivity contribution in [3.8, 4) is 11.5 Å². The summed E-state index contributed by atoms with van der Waals surface area (Å²) >= 11 is 0. The zero-order chi connectivity index (χ0) is 12.8. The van der Waals surface area contributed by atoms with Gasteiger partial charge in [0.05, 0.1) is 11.1 Å². The first kappa shape index (κ1) is 11.3. The summed E-state index contributed by atoms with van der Waals surface area (Å²) in [5.74, 6) is -1.29. The van der Waals surface area contributed by atoms with E-state index >= 15 is 0 Å². The summed E-state index contributed by atoms with van der Waals surface area (Å²) in [6.07, 6.45) is -4.71. The zero-order valence-corrected chi connectivity index (χ0v) is 8.17. The Hall–Kier alpha value is -2.18. The first-order valence-electron chi connectivity index (χ1n) is 4.45. The lowest BCUT2D eigenvalue weighted by Crippen LogP contribution is -2.13. The highest BCUT2D eigenvalue weighted by Gasteiger charge is 2.33.